The van der Waals surface area contributed by atoms with Crippen molar-refractivity contribution in [3.05, 3.63) is 30.1 Å². The van der Waals surface area contributed by atoms with Crippen molar-refractivity contribution in [1.82, 2.24) is 25.4 Å². The van der Waals surface area contributed by atoms with E-state index in [1.165, 1.54) is 0 Å². The predicted molar refractivity (Wildman–Crippen MR) is 85.8 cm³/mol. The summed E-state index contributed by atoms with van der Waals surface area (Å²) in [4.78, 5) is 42.6. The molecule has 2 N–H and O–H groups in total. The molecule has 2 saturated heterocycles. The van der Waals surface area contributed by atoms with Crippen LogP contribution in [-0.2, 0) is 16.1 Å². The number of piperidine rings is 1. The monoisotopic (exact) mass is 331 g/mol. The van der Waals surface area contributed by atoms with E-state index in [0.717, 1.165) is 43.1 Å². The minimum atomic E-state index is -0.504. The summed E-state index contributed by atoms with van der Waals surface area (Å²) in [6.07, 6.45) is 3.65. The van der Waals surface area contributed by atoms with Crippen LogP contribution in [0.25, 0.3) is 0 Å². The Kier molecular flexibility index (Phi) is 5.05. The lowest BCUT2D eigenvalue weighted by Crippen LogP contribution is -2.50. The number of amides is 4. The summed E-state index contributed by atoms with van der Waals surface area (Å²) in [7, 11) is 0. The molecule has 1 aromatic rings. The highest BCUT2D eigenvalue weighted by molar-refractivity contribution is 6.04. The first kappa shape index (κ1) is 16.4. The fraction of sp³-hybridized carbons (Fsp3) is 0.500. The zero-order valence-corrected chi connectivity index (χ0v) is 13.4. The lowest BCUT2D eigenvalue weighted by molar-refractivity contribution is -0.131. The van der Waals surface area contributed by atoms with Crippen LogP contribution in [0.5, 0.6) is 0 Å². The van der Waals surface area contributed by atoms with Gasteiger partial charge in [-0.05, 0) is 31.5 Å². The van der Waals surface area contributed by atoms with Crippen molar-refractivity contribution in [2.45, 2.75) is 25.4 Å². The van der Waals surface area contributed by atoms with Gasteiger partial charge in [0.25, 0.3) is 5.91 Å². The molecule has 0 aromatic carbocycles. The smallest absolute Gasteiger partial charge is 0.325 e. The fourth-order valence-corrected chi connectivity index (χ4v) is 3.07. The number of rotatable bonds is 5. The van der Waals surface area contributed by atoms with Gasteiger partial charge in [0, 0.05) is 25.3 Å². The molecule has 2 aliphatic rings. The maximum absolute atomic E-state index is 12.1. The first-order chi connectivity index (χ1) is 11.6. The van der Waals surface area contributed by atoms with Gasteiger partial charge in [0.15, 0.2) is 0 Å². The van der Waals surface area contributed by atoms with E-state index in [0.29, 0.717) is 0 Å². The van der Waals surface area contributed by atoms with Gasteiger partial charge in [-0.3, -0.25) is 24.4 Å². The second kappa shape index (κ2) is 7.39. The van der Waals surface area contributed by atoms with E-state index < -0.39 is 6.03 Å². The Morgan fingerprint density at radius 1 is 1.38 bits per heavy atom. The third kappa shape index (κ3) is 4.08. The molecule has 3 heterocycles. The average molecular weight is 331 g/mol. The molecule has 24 heavy (non-hydrogen) atoms. The van der Waals surface area contributed by atoms with Crippen LogP contribution in [0.2, 0.25) is 0 Å². The molecule has 4 amide bonds. The van der Waals surface area contributed by atoms with Crippen LogP contribution in [-0.4, -0.2) is 64.9 Å². The zero-order valence-electron chi connectivity index (χ0n) is 13.4. The third-order valence-corrected chi connectivity index (χ3v) is 4.22. The Morgan fingerprint density at radius 2 is 2.25 bits per heavy atom. The Bertz CT molecular complexity index is 605. The number of nitrogens with one attached hydrogen (secondary N) is 2. The van der Waals surface area contributed by atoms with E-state index in [2.05, 4.69) is 20.5 Å². The standard InChI is InChI=1S/C16H21N5O3/c22-14(11-21-15(23)8-18-16(21)24)19-13-5-3-7-20(10-13)9-12-4-1-2-6-17-12/h1-2,4,6,13H,3,5,7-11H2,(H,18,24)(H,19,22)/t13-/m1/s1. The van der Waals surface area contributed by atoms with E-state index in [4.69, 9.17) is 0 Å². The molecule has 0 aliphatic carbocycles. The van der Waals surface area contributed by atoms with Gasteiger partial charge in [0.2, 0.25) is 5.91 Å². The van der Waals surface area contributed by atoms with Crippen molar-refractivity contribution in [3.8, 4) is 0 Å². The molecule has 8 heteroatoms. The van der Waals surface area contributed by atoms with Crippen LogP contribution in [0.4, 0.5) is 4.79 Å². The topological polar surface area (TPSA) is 94.6 Å². The predicted octanol–water partition coefficient (Wildman–Crippen LogP) is -0.286. The van der Waals surface area contributed by atoms with Crippen molar-refractivity contribution in [1.29, 1.82) is 0 Å². The lowest BCUT2D eigenvalue weighted by atomic mass is 10.1. The summed E-state index contributed by atoms with van der Waals surface area (Å²) in [5.74, 6) is -0.666. The van der Waals surface area contributed by atoms with E-state index in [-0.39, 0.29) is 30.9 Å². The molecule has 0 spiro atoms. The molecule has 0 radical (unpaired) electrons. The third-order valence-electron chi connectivity index (χ3n) is 4.22. The SMILES string of the molecule is O=C(CN1C(=O)CNC1=O)N[C@@H]1CCCN(Cc2ccccn2)C1. The fourth-order valence-electron chi connectivity index (χ4n) is 3.07. The molecule has 0 bridgehead atoms. The Labute approximate surface area is 140 Å². The molecule has 3 rings (SSSR count). The minimum Gasteiger partial charge on any atom is -0.351 e. The first-order valence-corrected chi connectivity index (χ1v) is 8.11. The second-order valence-corrected chi connectivity index (χ2v) is 6.10. The highest BCUT2D eigenvalue weighted by Crippen LogP contribution is 2.13. The number of carbonyl (C=O) groups is 3. The van der Waals surface area contributed by atoms with Crippen LogP contribution < -0.4 is 10.6 Å². The second-order valence-electron chi connectivity index (χ2n) is 6.10. The van der Waals surface area contributed by atoms with Gasteiger partial charge in [-0.2, -0.15) is 0 Å². The molecule has 1 aromatic heterocycles. The van der Waals surface area contributed by atoms with Crippen LogP contribution in [0, 0.1) is 0 Å². The number of pyridine rings is 1. The Balaban J connectivity index is 1.49. The molecular formula is C16H21N5O3. The number of imide groups is 1. The summed E-state index contributed by atoms with van der Waals surface area (Å²) in [6.45, 7) is 2.20. The Morgan fingerprint density at radius 3 is 2.96 bits per heavy atom. The summed E-state index contributed by atoms with van der Waals surface area (Å²) >= 11 is 0. The quantitative estimate of drug-likeness (QED) is 0.723. The molecule has 0 unspecified atom stereocenters. The van der Waals surface area contributed by atoms with Gasteiger partial charge in [-0.15, -0.1) is 0 Å². The van der Waals surface area contributed by atoms with Gasteiger partial charge < -0.3 is 10.6 Å². The van der Waals surface area contributed by atoms with Gasteiger partial charge in [0.05, 0.1) is 12.2 Å². The summed E-state index contributed by atoms with van der Waals surface area (Å²) < 4.78 is 0. The summed E-state index contributed by atoms with van der Waals surface area (Å²) in [5.41, 5.74) is 1.00. The molecule has 128 valence electrons. The largest absolute Gasteiger partial charge is 0.351 e. The van der Waals surface area contributed by atoms with Gasteiger partial charge in [-0.25, -0.2) is 4.79 Å². The minimum absolute atomic E-state index is 0.0238. The van der Waals surface area contributed by atoms with Crippen molar-refractivity contribution in [3.63, 3.8) is 0 Å². The average Bonchev–Trinajstić information content (AvgIpc) is 2.88. The molecule has 2 aliphatic heterocycles. The van der Waals surface area contributed by atoms with Crippen molar-refractivity contribution >= 4 is 17.8 Å². The number of nitrogens with zero attached hydrogens (tertiary/aromatic N) is 3. The van der Waals surface area contributed by atoms with Crippen LogP contribution in [0.3, 0.4) is 0 Å². The van der Waals surface area contributed by atoms with Gasteiger partial charge in [-0.1, -0.05) is 6.07 Å². The number of likely N-dealkylation sites (tertiary alicyclic amines) is 1. The normalized spacial score (nSPS) is 21.7. The molecule has 1 atom stereocenters. The van der Waals surface area contributed by atoms with E-state index in [9.17, 15) is 14.4 Å². The highest BCUT2D eigenvalue weighted by atomic mass is 16.2. The van der Waals surface area contributed by atoms with E-state index in [1.54, 1.807) is 6.20 Å². The molecule has 8 nitrogen and oxygen atoms in total. The maximum atomic E-state index is 12.1. The zero-order chi connectivity index (χ0) is 16.9. The van der Waals surface area contributed by atoms with Gasteiger partial charge >= 0.3 is 6.03 Å². The molecule has 2 fully saturated rings. The summed E-state index contributed by atoms with van der Waals surface area (Å²) in [5, 5.41) is 5.33. The molecule has 0 saturated carbocycles. The van der Waals surface area contributed by atoms with Gasteiger partial charge in [0.1, 0.15) is 6.54 Å². The van der Waals surface area contributed by atoms with Crippen molar-refractivity contribution in [2.75, 3.05) is 26.2 Å². The molecular weight excluding hydrogens is 310 g/mol. The highest BCUT2D eigenvalue weighted by Gasteiger charge is 2.31. The number of aromatic nitrogens is 1. The number of hydrogen-bond acceptors (Lipinski definition) is 5. The Hall–Kier alpha value is -2.48. The van der Waals surface area contributed by atoms with E-state index in [1.807, 2.05) is 18.2 Å². The van der Waals surface area contributed by atoms with Crippen LogP contribution >= 0.6 is 0 Å². The van der Waals surface area contributed by atoms with Crippen LogP contribution in [0.15, 0.2) is 24.4 Å². The summed E-state index contributed by atoms with van der Waals surface area (Å²) in [6, 6.07) is 5.36. The number of carbonyl (C=O) groups excluding carboxylic acids is 3. The first-order valence-electron chi connectivity index (χ1n) is 8.11. The van der Waals surface area contributed by atoms with E-state index >= 15 is 0 Å². The number of hydrogen-bond donors (Lipinski definition) is 2. The van der Waals surface area contributed by atoms with Crippen molar-refractivity contribution < 1.29 is 14.4 Å². The maximum Gasteiger partial charge on any atom is 0.325 e. The van der Waals surface area contributed by atoms with Crippen LogP contribution in [0.1, 0.15) is 18.5 Å². The van der Waals surface area contributed by atoms with Crippen molar-refractivity contribution in [2.24, 2.45) is 0 Å². The number of urea groups is 1. The lowest BCUT2D eigenvalue weighted by Gasteiger charge is -2.33.